The molecule has 4 heteroatoms. The highest BCUT2D eigenvalue weighted by atomic mass is 16.6. The molecular formula is C6H8N2O2. The lowest BCUT2D eigenvalue weighted by Crippen LogP contribution is -2.42. The number of carbonyl (C=O) groups excluding carboxylic acids is 1. The topological polar surface area (TPSA) is 64.3 Å². The first-order chi connectivity index (χ1) is 4.77. The molecule has 1 fully saturated rings. The van der Waals surface area contributed by atoms with Gasteiger partial charge in [-0.05, 0) is 6.08 Å². The van der Waals surface area contributed by atoms with Crippen LogP contribution in [0.15, 0.2) is 12.2 Å². The molecule has 0 spiro atoms. The van der Waals surface area contributed by atoms with E-state index in [9.17, 15) is 4.79 Å². The van der Waals surface area contributed by atoms with E-state index in [1.54, 1.807) is 0 Å². The van der Waals surface area contributed by atoms with Gasteiger partial charge >= 0.3 is 6.09 Å². The highest BCUT2D eigenvalue weighted by molar-refractivity contribution is 5.71. The zero-order chi connectivity index (χ0) is 7.14. The summed E-state index contributed by atoms with van der Waals surface area (Å²) in [5.74, 6) is 0. The number of fused-ring (bicyclic) bond motifs is 1. The first-order valence-electron chi connectivity index (χ1n) is 3.18. The Hall–Kier alpha value is -1.03. The lowest BCUT2D eigenvalue weighted by Gasteiger charge is -2.09. The van der Waals surface area contributed by atoms with Crippen LogP contribution in [0.5, 0.6) is 0 Å². The molecule has 54 valence electrons. The third kappa shape index (κ3) is 0.623. The van der Waals surface area contributed by atoms with Gasteiger partial charge in [0, 0.05) is 6.04 Å². The Bertz CT molecular complexity index is 202. The molecule has 10 heavy (non-hydrogen) atoms. The molecule has 1 amide bonds. The third-order valence-corrected chi connectivity index (χ3v) is 1.82. The van der Waals surface area contributed by atoms with Crippen molar-refractivity contribution in [2.24, 2.45) is 5.73 Å². The molecule has 0 aromatic carbocycles. The Balaban J connectivity index is 2.19. The van der Waals surface area contributed by atoms with Crippen molar-refractivity contribution in [3.8, 4) is 0 Å². The summed E-state index contributed by atoms with van der Waals surface area (Å²) in [4.78, 5) is 10.6. The molecule has 3 atom stereocenters. The fourth-order valence-corrected chi connectivity index (χ4v) is 1.28. The number of hydrogen-bond donors (Lipinski definition) is 2. The van der Waals surface area contributed by atoms with Crippen LogP contribution >= 0.6 is 0 Å². The Morgan fingerprint density at radius 3 is 3.10 bits per heavy atom. The average molecular weight is 140 g/mol. The second-order valence-corrected chi connectivity index (χ2v) is 2.50. The van der Waals surface area contributed by atoms with Crippen LogP contribution in [0.2, 0.25) is 0 Å². The Kier molecular flexibility index (Phi) is 0.990. The predicted octanol–water partition coefficient (Wildman–Crippen LogP) is -0.640. The number of hydrogen-bond acceptors (Lipinski definition) is 3. The smallest absolute Gasteiger partial charge is 0.408 e. The quantitative estimate of drug-likeness (QED) is 0.440. The van der Waals surface area contributed by atoms with Crippen molar-refractivity contribution in [2.45, 2.75) is 18.2 Å². The van der Waals surface area contributed by atoms with Gasteiger partial charge in [0.25, 0.3) is 0 Å². The van der Waals surface area contributed by atoms with Gasteiger partial charge in [-0.3, -0.25) is 0 Å². The van der Waals surface area contributed by atoms with Crippen LogP contribution < -0.4 is 11.1 Å². The van der Waals surface area contributed by atoms with E-state index in [2.05, 4.69) is 5.32 Å². The van der Waals surface area contributed by atoms with Gasteiger partial charge in [-0.15, -0.1) is 0 Å². The number of ether oxygens (including phenoxy) is 1. The second kappa shape index (κ2) is 1.73. The minimum absolute atomic E-state index is 0.0347. The molecule has 0 aromatic heterocycles. The molecule has 2 aliphatic rings. The molecule has 0 saturated carbocycles. The lowest BCUT2D eigenvalue weighted by molar-refractivity contribution is 0.155. The molecule has 0 radical (unpaired) electrons. The van der Waals surface area contributed by atoms with Gasteiger partial charge in [0.2, 0.25) is 0 Å². The van der Waals surface area contributed by atoms with Crippen LogP contribution in [0.1, 0.15) is 0 Å². The molecular weight excluding hydrogens is 132 g/mol. The summed E-state index contributed by atoms with van der Waals surface area (Å²) in [6.45, 7) is 0. The number of nitrogens with two attached hydrogens (primary N) is 1. The predicted molar refractivity (Wildman–Crippen MR) is 34.3 cm³/mol. The molecule has 1 aliphatic carbocycles. The zero-order valence-corrected chi connectivity index (χ0v) is 5.28. The van der Waals surface area contributed by atoms with Crippen LogP contribution in [-0.4, -0.2) is 24.3 Å². The van der Waals surface area contributed by atoms with Crippen LogP contribution in [0.4, 0.5) is 4.79 Å². The summed E-state index contributed by atoms with van der Waals surface area (Å²) < 4.78 is 4.84. The zero-order valence-electron chi connectivity index (χ0n) is 5.28. The van der Waals surface area contributed by atoms with Crippen LogP contribution in [0.25, 0.3) is 0 Å². The Morgan fingerprint density at radius 1 is 1.60 bits per heavy atom. The number of nitrogens with one attached hydrogen (secondary N) is 1. The van der Waals surface area contributed by atoms with Crippen LogP contribution in [0.3, 0.4) is 0 Å². The molecule has 4 nitrogen and oxygen atoms in total. The third-order valence-electron chi connectivity index (χ3n) is 1.82. The summed E-state index contributed by atoms with van der Waals surface area (Å²) in [7, 11) is 0. The summed E-state index contributed by atoms with van der Waals surface area (Å²) in [5, 5.41) is 2.62. The van der Waals surface area contributed by atoms with Gasteiger partial charge in [0.15, 0.2) is 0 Å². The minimum Gasteiger partial charge on any atom is -0.440 e. The minimum atomic E-state index is -0.366. The van der Waals surface area contributed by atoms with Crippen molar-refractivity contribution in [1.29, 1.82) is 0 Å². The van der Waals surface area contributed by atoms with Gasteiger partial charge in [-0.1, -0.05) is 6.08 Å². The summed E-state index contributed by atoms with van der Waals surface area (Å²) >= 11 is 0. The van der Waals surface area contributed by atoms with Gasteiger partial charge in [-0.2, -0.15) is 0 Å². The molecule has 1 heterocycles. The Morgan fingerprint density at radius 2 is 2.40 bits per heavy atom. The number of rotatable bonds is 0. The van der Waals surface area contributed by atoms with E-state index in [1.807, 2.05) is 12.2 Å². The number of alkyl carbamates (subject to hydrolysis) is 1. The maximum Gasteiger partial charge on any atom is 0.408 e. The van der Waals surface area contributed by atoms with E-state index in [0.29, 0.717) is 0 Å². The van der Waals surface area contributed by atoms with Gasteiger partial charge in [0.05, 0.1) is 6.04 Å². The van der Waals surface area contributed by atoms with Crippen molar-refractivity contribution in [1.82, 2.24) is 5.32 Å². The molecule has 1 saturated heterocycles. The van der Waals surface area contributed by atoms with E-state index in [1.165, 1.54) is 0 Å². The van der Waals surface area contributed by atoms with Crippen molar-refractivity contribution < 1.29 is 9.53 Å². The monoisotopic (exact) mass is 140 g/mol. The molecule has 0 aromatic rings. The first-order valence-corrected chi connectivity index (χ1v) is 3.18. The van der Waals surface area contributed by atoms with E-state index in [-0.39, 0.29) is 24.3 Å². The van der Waals surface area contributed by atoms with Gasteiger partial charge < -0.3 is 15.8 Å². The summed E-state index contributed by atoms with van der Waals surface area (Å²) in [6.07, 6.45) is 3.15. The van der Waals surface area contributed by atoms with Crippen molar-refractivity contribution in [2.75, 3.05) is 0 Å². The first kappa shape index (κ1) is 5.73. The van der Waals surface area contributed by atoms with Crippen molar-refractivity contribution in [3.05, 3.63) is 12.2 Å². The van der Waals surface area contributed by atoms with Gasteiger partial charge in [0.1, 0.15) is 6.10 Å². The normalized spacial score (nSPS) is 42.9. The molecule has 0 bridgehead atoms. The fourth-order valence-electron chi connectivity index (χ4n) is 1.28. The highest BCUT2D eigenvalue weighted by Gasteiger charge is 2.39. The average Bonchev–Trinajstić information content (AvgIpc) is 2.35. The highest BCUT2D eigenvalue weighted by Crippen LogP contribution is 2.18. The summed E-state index contributed by atoms with van der Waals surface area (Å²) in [6, 6.07) is -0.121. The fraction of sp³-hybridized carbons (Fsp3) is 0.500. The molecule has 0 unspecified atom stereocenters. The number of carbonyl (C=O) groups is 1. The molecule has 3 N–H and O–H groups in total. The standard InChI is InChI=1S/C6H8N2O2/c7-3-1-2-4-5(3)8-6(9)10-4/h1-5H,7H2,(H,8,9)/t3-,4-,5+/m0/s1. The van der Waals surface area contributed by atoms with Crippen molar-refractivity contribution >= 4 is 6.09 Å². The summed E-state index contributed by atoms with van der Waals surface area (Å²) in [5.41, 5.74) is 5.60. The second-order valence-electron chi connectivity index (χ2n) is 2.50. The lowest BCUT2D eigenvalue weighted by atomic mass is 10.1. The van der Waals surface area contributed by atoms with E-state index >= 15 is 0 Å². The Labute approximate surface area is 58.0 Å². The van der Waals surface area contributed by atoms with Crippen LogP contribution in [0, 0.1) is 0 Å². The SMILES string of the molecule is N[C@H]1C=C[C@@H]2OC(=O)N[C@@H]21. The van der Waals surface area contributed by atoms with Crippen molar-refractivity contribution in [3.63, 3.8) is 0 Å². The van der Waals surface area contributed by atoms with Crippen LogP contribution in [-0.2, 0) is 4.74 Å². The van der Waals surface area contributed by atoms with E-state index in [0.717, 1.165) is 0 Å². The molecule has 1 aliphatic heterocycles. The van der Waals surface area contributed by atoms with E-state index in [4.69, 9.17) is 10.5 Å². The van der Waals surface area contributed by atoms with Gasteiger partial charge in [-0.25, -0.2) is 4.79 Å². The molecule has 2 rings (SSSR count). The number of amides is 1. The maximum absolute atomic E-state index is 10.6. The van der Waals surface area contributed by atoms with E-state index < -0.39 is 0 Å². The largest absolute Gasteiger partial charge is 0.440 e. The maximum atomic E-state index is 10.6.